The third kappa shape index (κ3) is 2.86. The van der Waals surface area contributed by atoms with Crippen LogP contribution >= 0.6 is 0 Å². The first kappa shape index (κ1) is 13.8. The molecule has 0 fully saturated rings. The van der Waals surface area contributed by atoms with Crippen LogP contribution in [-0.4, -0.2) is 7.11 Å². The predicted octanol–water partition coefficient (Wildman–Crippen LogP) is 3.65. The number of nitriles is 1. The molecular formula is C15H12F2N2O. The molecule has 2 aromatic carbocycles. The molecule has 0 saturated heterocycles. The molecular weight excluding hydrogens is 262 g/mol. The normalized spacial score (nSPS) is 11.5. The maximum Gasteiger partial charge on any atom is 0.145 e. The first-order valence-corrected chi connectivity index (χ1v) is 5.90. The minimum atomic E-state index is -1.12. The fraction of sp³-hybridized carbons (Fsp3) is 0.133. The van der Waals surface area contributed by atoms with Gasteiger partial charge in [-0.15, -0.1) is 0 Å². The van der Waals surface area contributed by atoms with Crippen LogP contribution < -0.4 is 10.1 Å². The number of hydrogen-bond acceptors (Lipinski definition) is 3. The summed E-state index contributed by atoms with van der Waals surface area (Å²) in [6.07, 6.45) is 0. The van der Waals surface area contributed by atoms with E-state index in [1.807, 2.05) is 6.07 Å². The first-order valence-electron chi connectivity index (χ1n) is 5.90. The molecule has 0 aliphatic rings. The number of hydrogen-bond donors (Lipinski definition) is 1. The fourth-order valence-corrected chi connectivity index (χ4v) is 1.84. The zero-order chi connectivity index (χ0) is 14.5. The maximum atomic E-state index is 13.7. The van der Waals surface area contributed by atoms with Gasteiger partial charge in [-0.1, -0.05) is 12.1 Å². The third-order valence-electron chi connectivity index (χ3n) is 2.80. The monoisotopic (exact) mass is 274 g/mol. The van der Waals surface area contributed by atoms with Crippen LogP contribution in [-0.2, 0) is 0 Å². The number of anilines is 1. The Labute approximate surface area is 115 Å². The summed E-state index contributed by atoms with van der Waals surface area (Å²) >= 11 is 0. The molecule has 0 bridgehead atoms. The van der Waals surface area contributed by atoms with Crippen molar-refractivity contribution in [3.05, 3.63) is 59.7 Å². The van der Waals surface area contributed by atoms with E-state index in [-0.39, 0.29) is 5.56 Å². The quantitative estimate of drug-likeness (QED) is 0.925. The van der Waals surface area contributed by atoms with Crippen molar-refractivity contribution in [1.29, 1.82) is 5.26 Å². The van der Waals surface area contributed by atoms with Gasteiger partial charge in [-0.25, -0.2) is 8.78 Å². The van der Waals surface area contributed by atoms with Gasteiger partial charge in [0.25, 0.3) is 0 Å². The van der Waals surface area contributed by atoms with E-state index in [1.54, 1.807) is 24.3 Å². The van der Waals surface area contributed by atoms with E-state index < -0.39 is 17.7 Å². The molecule has 1 unspecified atom stereocenters. The van der Waals surface area contributed by atoms with Crippen LogP contribution in [0.25, 0.3) is 0 Å². The largest absolute Gasteiger partial charge is 0.497 e. The molecule has 5 heteroatoms. The molecule has 0 heterocycles. The van der Waals surface area contributed by atoms with Gasteiger partial charge in [-0.2, -0.15) is 5.26 Å². The van der Waals surface area contributed by atoms with Gasteiger partial charge < -0.3 is 10.1 Å². The number of methoxy groups -OCH3 is 1. The number of rotatable bonds is 4. The lowest BCUT2D eigenvalue weighted by Crippen LogP contribution is -2.12. The highest BCUT2D eigenvalue weighted by atomic mass is 19.1. The summed E-state index contributed by atoms with van der Waals surface area (Å²) in [5.41, 5.74) is 0.247. The van der Waals surface area contributed by atoms with Gasteiger partial charge >= 0.3 is 0 Å². The van der Waals surface area contributed by atoms with E-state index in [9.17, 15) is 8.78 Å². The average molecular weight is 274 g/mol. The summed E-state index contributed by atoms with van der Waals surface area (Å²) in [5, 5.41) is 11.9. The molecule has 0 amide bonds. The van der Waals surface area contributed by atoms with Gasteiger partial charge in [-0.05, 0) is 24.3 Å². The average Bonchev–Trinajstić information content (AvgIpc) is 2.46. The van der Waals surface area contributed by atoms with E-state index in [0.29, 0.717) is 11.4 Å². The summed E-state index contributed by atoms with van der Waals surface area (Å²) in [7, 11) is 1.51. The lowest BCUT2D eigenvalue weighted by Gasteiger charge is -2.15. The van der Waals surface area contributed by atoms with Gasteiger partial charge in [0.2, 0.25) is 0 Å². The van der Waals surface area contributed by atoms with E-state index >= 15 is 0 Å². The number of halogens is 2. The second-order valence-electron chi connectivity index (χ2n) is 4.07. The molecule has 102 valence electrons. The summed E-state index contributed by atoms with van der Waals surface area (Å²) in [4.78, 5) is 0. The summed E-state index contributed by atoms with van der Waals surface area (Å²) in [6, 6.07) is 11.0. The Morgan fingerprint density at radius 3 is 2.40 bits per heavy atom. The van der Waals surface area contributed by atoms with Crippen molar-refractivity contribution in [3.8, 4) is 11.8 Å². The molecule has 1 atom stereocenters. The Morgan fingerprint density at radius 2 is 1.80 bits per heavy atom. The van der Waals surface area contributed by atoms with Crippen LogP contribution in [0.15, 0.2) is 42.5 Å². The SMILES string of the molecule is COc1cccc(NC(C#N)c2c(F)cccc2F)c1. The molecule has 3 nitrogen and oxygen atoms in total. The zero-order valence-electron chi connectivity index (χ0n) is 10.7. The van der Waals surface area contributed by atoms with Crippen molar-refractivity contribution in [2.24, 2.45) is 0 Å². The summed E-state index contributed by atoms with van der Waals surface area (Å²) in [5.74, 6) is -0.931. The molecule has 1 N–H and O–H groups in total. The van der Waals surface area contributed by atoms with Crippen LogP contribution in [0.1, 0.15) is 11.6 Å². The highest BCUT2D eigenvalue weighted by Crippen LogP contribution is 2.26. The second kappa shape index (κ2) is 6.02. The summed E-state index contributed by atoms with van der Waals surface area (Å²) < 4.78 is 32.4. The van der Waals surface area contributed by atoms with Gasteiger partial charge in [0.15, 0.2) is 0 Å². The molecule has 0 aliphatic carbocycles. The zero-order valence-corrected chi connectivity index (χ0v) is 10.7. The number of nitrogens with one attached hydrogen (secondary N) is 1. The Bertz CT molecular complexity index is 632. The molecule has 2 rings (SSSR count). The molecule has 0 aliphatic heterocycles. The maximum absolute atomic E-state index is 13.7. The molecule has 0 radical (unpaired) electrons. The standard InChI is InChI=1S/C15H12F2N2O/c1-20-11-5-2-4-10(8-11)19-14(9-18)15-12(16)6-3-7-13(15)17/h2-8,14,19H,1H3. The molecule has 0 aromatic heterocycles. The van der Waals surface area contributed by atoms with Crippen LogP contribution in [0.4, 0.5) is 14.5 Å². The minimum absolute atomic E-state index is 0.294. The van der Waals surface area contributed by atoms with Crippen LogP contribution in [0, 0.1) is 23.0 Å². The molecule has 20 heavy (non-hydrogen) atoms. The number of nitrogens with zero attached hydrogens (tertiary/aromatic N) is 1. The topological polar surface area (TPSA) is 45.0 Å². The Kier molecular flexibility index (Phi) is 4.16. The van der Waals surface area contributed by atoms with Crippen molar-refractivity contribution in [3.63, 3.8) is 0 Å². The van der Waals surface area contributed by atoms with Gasteiger partial charge in [0.1, 0.15) is 23.4 Å². The van der Waals surface area contributed by atoms with E-state index in [1.165, 1.54) is 13.2 Å². The van der Waals surface area contributed by atoms with Crippen molar-refractivity contribution in [2.45, 2.75) is 6.04 Å². The Morgan fingerprint density at radius 1 is 1.15 bits per heavy atom. The van der Waals surface area contributed by atoms with Crippen LogP contribution in [0.2, 0.25) is 0 Å². The highest BCUT2D eigenvalue weighted by molar-refractivity contribution is 5.51. The Balaban J connectivity index is 2.32. The van der Waals surface area contributed by atoms with Crippen LogP contribution in [0.5, 0.6) is 5.75 Å². The van der Waals surface area contributed by atoms with Crippen LogP contribution in [0.3, 0.4) is 0 Å². The minimum Gasteiger partial charge on any atom is -0.497 e. The van der Waals surface area contributed by atoms with E-state index in [4.69, 9.17) is 10.00 Å². The lowest BCUT2D eigenvalue weighted by atomic mass is 10.1. The van der Waals surface area contributed by atoms with Crippen molar-refractivity contribution in [1.82, 2.24) is 0 Å². The summed E-state index contributed by atoms with van der Waals surface area (Å²) in [6.45, 7) is 0. The number of benzene rings is 2. The lowest BCUT2D eigenvalue weighted by molar-refractivity contribution is 0.415. The van der Waals surface area contributed by atoms with Gasteiger partial charge in [0, 0.05) is 11.8 Å². The Hall–Kier alpha value is -2.61. The van der Waals surface area contributed by atoms with E-state index in [2.05, 4.69) is 5.32 Å². The first-order chi connectivity index (χ1) is 9.65. The van der Waals surface area contributed by atoms with Gasteiger partial charge in [-0.3, -0.25) is 0 Å². The van der Waals surface area contributed by atoms with Gasteiger partial charge in [0.05, 0.1) is 18.7 Å². The van der Waals surface area contributed by atoms with Crippen molar-refractivity contribution >= 4 is 5.69 Å². The highest BCUT2D eigenvalue weighted by Gasteiger charge is 2.19. The van der Waals surface area contributed by atoms with Crippen molar-refractivity contribution < 1.29 is 13.5 Å². The fourth-order valence-electron chi connectivity index (χ4n) is 1.84. The third-order valence-corrected chi connectivity index (χ3v) is 2.80. The molecule has 0 spiro atoms. The molecule has 0 saturated carbocycles. The number of ether oxygens (including phenoxy) is 1. The second-order valence-corrected chi connectivity index (χ2v) is 4.07. The smallest absolute Gasteiger partial charge is 0.145 e. The van der Waals surface area contributed by atoms with E-state index in [0.717, 1.165) is 12.1 Å². The predicted molar refractivity (Wildman–Crippen MR) is 71.3 cm³/mol. The molecule has 2 aromatic rings. The van der Waals surface area contributed by atoms with Crippen molar-refractivity contribution in [2.75, 3.05) is 12.4 Å².